The number of aliphatic hydroxyl groups is 1. The van der Waals surface area contributed by atoms with E-state index in [0.717, 1.165) is 24.2 Å². The fourth-order valence-corrected chi connectivity index (χ4v) is 4.44. The van der Waals surface area contributed by atoms with E-state index in [-0.39, 0.29) is 23.3 Å². The van der Waals surface area contributed by atoms with Gasteiger partial charge in [0.2, 0.25) is 5.91 Å². The number of nitrogens with zero attached hydrogens (tertiary/aromatic N) is 2. The van der Waals surface area contributed by atoms with Gasteiger partial charge in [0.1, 0.15) is 0 Å². The summed E-state index contributed by atoms with van der Waals surface area (Å²) >= 11 is 0. The van der Waals surface area contributed by atoms with Crippen molar-refractivity contribution in [3.05, 3.63) is 83.9 Å². The summed E-state index contributed by atoms with van der Waals surface area (Å²) in [6.45, 7) is 2.21. The molecule has 0 aliphatic carbocycles. The van der Waals surface area contributed by atoms with Crippen molar-refractivity contribution in [2.24, 2.45) is 0 Å². The number of rotatable bonds is 9. The maximum atomic E-state index is 12.8. The smallest absolute Gasteiger partial charge is 0.256 e. The largest absolute Gasteiger partial charge is 0.504 e. The third kappa shape index (κ3) is 6.80. The van der Waals surface area contributed by atoms with Gasteiger partial charge in [-0.3, -0.25) is 9.59 Å². The number of aromatic hydroxyl groups is 1. The Bertz CT molecular complexity index is 1190. The molecule has 4 rings (SSSR count). The second-order valence-electron chi connectivity index (χ2n) is 9.08. The molecule has 0 spiro atoms. The summed E-state index contributed by atoms with van der Waals surface area (Å²) in [6.07, 6.45) is 0.819. The predicted octanol–water partition coefficient (Wildman–Crippen LogP) is 3.74. The van der Waals surface area contributed by atoms with Crippen molar-refractivity contribution in [1.82, 2.24) is 4.90 Å². The van der Waals surface area contributed by atoms with Crippen LogP contribution in [0.2, 0.25) is 0 Å². The third-order valence-electron chi connectivity index (χ3n) is 6.57. The molecule has 1 atom stereocenters. The number of aliphatic hydroxyl groups excluding tert-OH is 1. The van der Waals surface area contributed by atoms with Gasteiger partial charge in [-0.15, -0.1) is 0 Å². The summed E-state index contributed by atoms with van der Waals surface area (Å²) in [7, 11) is 1.42. The van der Waals surface area contributed by atoms with Crippen molar-refractivity contribution in [2.75, 3.05) is 43.5 Å². The minimum Gasteiger partial charge on any atom is -0.504 e. The number of phenolic OH excluding ortho intramolecular Hbond substituents is 1. The Kier molecular flexibility index (Phi) is 8.64. The molecule has 2 amide bonds. The fraction of sp³-hybridized carbons (Fsp3) is 0.310. The molecule has 3 N–H and O–H groups in total. The average Bonchev–Trinajstić information content (AvgIpc) is 2.93. The Balaban J connectivity index is 1.24. The van der Waals surface area contributed by atoms with Gasteiger partial charge in [0.15, 0.2) is 17.6 Å². The van der Waals surface area contributed by atoms with E-state index in [1.807, 2.05) is 42.5 Å². The molecule has 37 heavy (non-hydrogen) atoms. The van der Waals surface area contributed by atoms with Crippen molar-refractivity contribution in [3.63, 3.8) is 0 Å². The number of hydrogen-bond acceptors (Lipinski definition) is 6. The van der Waals surface area contributed by atoms with Crippen LogP contribution in [0.1, 0.15) is 30.1 Å². The Hall–Kier alpha value is -4.04. The van der Waals surface area contributed by atoms with Gasteiger partial charge in [0, 0.05) is 44.0 Å². The van der Waals surface area contributed by atoms with E-state index in [2.05, 4.69) is 22.3 Å². The lowest BCUT2D eigenvalue weighted by atomic mass is 10.1. The highest BCUT2D eigenvalue weighted by Crippen LogP contribution is 2.30. The standard InChI is InChI=1S/C29H33N3O5/c1-37-26-20-22(10-15-25(26)33)28(35)29(36)32-18-16-31(17-19-32)24-13-11-23(12-14-24)30-27(34)9-5-8-21-6-3-2-4-7-21/h2-4,6-7,10-15,20,28,33,35H,5,8-9,16-19H2,1H3,(H,30,34). The van der Waals surface area contributed by atoms with Gasteiger partial charge >= 0.3 is 0 Å². The zero-order chi connectivity index (χ0) is 26.2. The lowest BCUT2D eigenvalue weighted by Gasteiger charge is -2.37. The number of phenols is 1. The molecule has 0 saturated carbocycles. The van der Waals surface area contributed by atoms with Crippen LogP contribution in [-0.4, -0.2) is 60.2 Å². The second kappa shape index (κ2) is 12.3. The quantitative estimate of drug-likeness (QED) is 0.411. The number of nitrogens with one attached hydrogen (secondary N) is 1. The Morgan fingerprint density at radius 1 is 0.973 bits per heavy atom. The highest BCUT2D eigenvalue weighted by atomic mass is 16.5. The van der Waals surface area contributed by atoms with Crippen LogP contribution in [0, 0.1) is 0 Å². The van der Waals surface area contributed by atoms with Crippen LogP contribution < -0.4 is 15.0 Å². The predicted molar refractivity (Wildman–Crippen MR) is 143 cm³/mol. The number of carbonyl (C=O) groups excluding carboxylic acids is 2. The number of methoxy groups -OCH3 is 1. The fourth-order valence-electron chi connectivity index (χ4n) is 4.44. The van der Waals surface area contributed by atoms with E-state index in [0.29, 0.717) is 38.2 Å². The van der Waals surface area contributed by atoms with Gasteiger partial charge in [-0.05, 0) is 60.4 Å². The maximum absolute atomic E-state index is 12.8. The lowest BCUT2D eigenvalue weighted by molar-refractivity contribution is -0.140. The molecule has 0 bridgehead atoms. The molecular weight excluding hydrogens is 470 g/mol. The summed E-state index contributed by atoms with van der Waals surface area (Å²) in [4.78, 5) is 29.0. The molecule has 1 heterocycles. The highest BCUT2D eigenvalue weighted by Gasteiger charge is 2.28. The summed E-state index contributed by atoms with van der Waals surface area (Å²) < 4.78 is 5.07. The van der Waals surface area contributed by atoms with E-state index in [1.54, 1.807) is 4.90 Å². The topological polar surface area (TPSA) is 102 Å². The number of aryl methyl sites for hydroxylation is 1. The Morgan fingerprint density at radius 3 is 2.35 bits per heavy atom. The Labute approximate surface area is 217 Å². The molecule has 1 unspecified atom stereocenters. The summed E-state index contributed by atoms with van der Waals surface area (Å²) in [6, 6.07) is 22.2. The van der Waals surface area contributed by atoms with Crippen molar-refractivity contribution < 1.29 is 24.5 Å². The summed E-state index contributed by atoms with van der Waals surface area (Å²) in [5, 5.41) is 23.3. The minimum atomic E-state index is -1.32. The summed E-state index contributed by atoms with van der Waals surface area (Å²) in [5.41, 5.74) is 3.38. The van der Waals surface area contributed by atoms with Gasteiger partial charge in [0.25, 0.3) is 5.91 Å². The molecular formula is C29H33N3O5. The van der Waals surface area contributed by atoms with Gasteiger partial charge in [-0.25, -0.2) is 0 Å². The Morgan fingerprint density at radius 2 is 1.68 bits per heavy atom. The molecule has 1 aliphatic heterocycles. The zero-order valence-electron chi connectivity index (χ0n) is 21.0. The van der Waals surface area contributed by atoms with Crippen LogP contribution in [0.25, 0.3) is 0 Å². The molecule has 3 aromatic rings. The first-order chi connectivity index (χ1) is 17.9. The van der Waals surface area contributed by atoms with Crippen LogP contribution >= 0.6 is 0 Å². The van der Waals surface area contributed by atoms with Crippen LogP contribution in [0.3, 0.4) is 0 Å². The monoisotopic (exact) mass is 503 g/mol. The maximum Gasteiger partial charge on any atom is 0.256 e. The van der Waals surface area contributed by atoms with Gasteiger partial charge in [0.05, 0.1) is 7.11 Å². The van der Waals surface area contributed by atoms with Crippen LogP contribution in [-0.2, 0) is 16.0 Å². The number of amides is 2. The molecule has 3 aromatic carbocycles. The van der Waals surface area contributed by atoms with E-state index < -0.39 is 6.10 Å². The average molecular weight is 504 g/mol. The highest BCUT2D eigenvalue weighted by molar-refractivity contribution is 5.90. The number of ether oxygens (including phenoxy) is 1. The van der Waals surface area contributed by atoms with Crippen molar-refractivity contribution in [2.45, 2.75) is 25.4 Å². The lowest BCUT2D eigenvalue weighted by Crippen LogP contribution is -2.50. The van der Waals surface area contributed by atoms with Crippen molar-refractivity contribution in [1.29, 1.82) is 0 Å². The SMILES string of the molecule is COc1cc(C(O)C(=O)N2CCN(c3ccc(NC(=O)CCCc4ccccc4)cc3)CC2)ccc1O. The van der Waals surface area contributed by atoms with Gasteiger partial charge < -0.3 is 30.1 Å². The van der Waals surface area contributed by atoms with Crippen LogP contribution in [0.5, 0.6) is 11.5 Å². The van der Waals surface area contributed by atoms with Crippen molar-refractivity contribution >= 4 is 23.2 Å². The molecule has 0 radical (unpaired) electrons. The first kappa shape index (κ1) is 26.0. The third-order valence-corrected chi connectivity index (χ3v) is 6.57. The van der Waals surface area contributed by atoms with Gasteiger partial charge in [-0.1, -0.05) is 36.4 Å². The molecule has 1 aliphatic rings. The first-order valence-electron chi connectivity index (χ1n) is 12.5. The number of anilines is 2. The van der Waals surface area contributed by atoms with Crippen LogP contribution in [0.4, 0.5) is 11.4 Å². The number of hydrogen-bond donors (Lipinski definition) is 3. The molecule has 8 nitrogen and oxygen atoms in total. The molecule has 194 valence electrons. The molecule has 0 aromatic heterocycles. The zero-order valence-corrected chi connectivity index (χ0v) is 21.0. The summed E-state index contributed by atoms with van der Waals surface area (Å²) in [5.74, 6) is -0.215. The normalized spacial score (nSPS) is 14.2. The van der Waals surface area contributed by atoms with Crippen LogP contribution in [0.15, 0.2) is 72.8 Å². The second-order valence-corrected chi connectivity index (χ2v) is 9.08. The van der Waals surface area contributed by atoms with E-state index in [1.165, 1.54) is 30.9 Å². The van der Waals surface area contributed by atoms with E-state index >= 15 is 0 Å². The number of piperazine rings is 1. The minimum absolute atomic E-state index is 0.000569. The number of carbonyl (C=O) groups is 2. The first-order valence-corrected chi connectivity index (χ1v) is 12.5. The van der Waals surface area contributed by atoms with Gasteiger partial charge in [-0.2, -0.15) is 0 Å². The van der Waals surface area contributed by atoms with Crippen molar-refractivity contribution in [3.8, 4) is 11.5 Å². The molecule has 1 fully saturated rings. The number of benzene rings is 3. The van der Waals surface area contributed by atoms with E-state index in [4.69, 9.17) is 4.74 Å². The van der Waals surface area contributed by atoms with E-state index in [9.17, 15) is 19.8 Å². The molecule has 8 heteroatoms. The molecule has 1 saturated heterocycles.